The summed E-state index contributed by atoms with van der Waals surface area (Å²) in [6.07, 6.45) is 1.48. The first-order chi connectivity index (χ1) is 9.11. The fraction of sp³-hybridized carbons (Fsp3) is 0.267. The van der Waals surface area contributed by atoms with Gasteiger partial charge in [-0.25, -0.2) is 0 Å². The Hall–Kier alpha value is -2.23. The van der Waals surface area contributed by atoms with Crippen LogP contribution in [0, 0.1) is 6.92 Å². The lowest BCUT2D eigenvalue weighted by Crippen LogP contribution is -2.26. The SMILES string of the molecule is COc1ccc(C)cc1[C@@H](C)NC(=O)c1ccco1. The van der Waals surface area contributed by atoms with Crippen molar-refractivity contribution in [1.82, 2.24) is 5.32 Å². The van der Waals surface area contributed by atoms with E-state index in [9.17, 15) is 4.79 Å². The summed E-state index contributed by atoms with van der Waals surface area (Å²) in [5.41, 5.74) is 2.07. The number of carbonyl (C=O) groups excluding carboxylic acids is 1. The van der Waals surface area contributed by atoms with Gasteiger partial charge in [-0.1, -0.05) is 17.7 Å². The van der Waals surface area contributed by atoms with Crippen molar-refractivity contribution in [2.24, 2.45) is 0 Å². The summed E-state index contributed by atoms with van der Waals surface area (Å²) in [6.45, 7) is 3.92. The van der Waals surface area contributed by atoms with Crippen molar-refractivity contribution in [1.29, 1.82) is 0 Å². The zero-order valence-corrected chi connectivity index (χ0v) is 11.3. The number of aryl methyl sites for hydroxylation is 1. The molecule has 100 valence electrons. The minimum atomic E-state index is -0.235. The Morgan fingerprint density at radius 3 is 2.79 bits per heavy atom. The van der Waals surface area contributed by atoms with Crippen LogP contribution >= 0.6 is 0 Å². The quantitative estimate of drug-likeness (QED) is 0.918. The van der Waals surface area contributed by atoms with E-state index in [0.29, 0.717) is 5.76 Å². The highest BCUT2D eigenvalue weighted by molar-refractivity contribution is 5.91. The van der Waals surface area contributed by atoms with Crippen molar-refractivity contribution in [3.63, 3.8) is 0 Å². The van der Waals surface area contributed by atoms with Gasteiger partial charge in [-0.15, -0.1) is 0 Å². The zero-order valence-electron chi connectivity index (χ0n) is 11.3. The zero-order chi connectivity index (χ0) is 13.8. The molecule has 0 aliphatic rings. The number of amides is 1. The lowest BCUT2D eigenvalue weighted by atomic mass is 10.0. The van der Waals surface area contributed by atoms with Gasteiger partial charge in [0.25, 0.3) is 5.91 Å². The van der Waals surface area contributed by atoms with Gasteiger partial charge in [0.05, 0.1) is 19.4 Å². The number of methoxy groups -OCH3 is 1. The third-order valence-electron chi connectivity index (χ3n) is 2.94. The second-order valence-electron chi connectivity index (χ2n) is 4.42. The molecule has 2 aromatic rings. The van der Waals surface area contributed by atoms with Crippen LogP contribution in [-0.4, -0.2) is 13.0 Å². The summed E-state index contributed by atoms with van der Waals surface area (Å²) < 4.78 is 10.4. The minimum absolute atomic E-state index is 0.160. The molecule has 0 radical (unpaired) electrons. The molecule has 1 aromatic carbocycles. The van der Waals surface area contributed by atoms with Crippen LogP contribution in [0.2, 0.25) is 0 Å². The monoisotopic (exact) mass is 259 g/mol. The maximum atomic E-state index is 11.9. The Bertz CT molecular complexity index is 561. The first kappa shape index (κ1) is 13.2. The van der Waals surface area contributed by atoms with Crippen molar-refractivity contribution in [2.45, 2.75) is 19.9 Å². The Kier molecular flexibility index (Phi) is 3.90. The van der Waals surface area contributed by atoms with E-state index in [1.807, 2.05) is 32.0 Å². The van der Waals surface area contributed by atoms with E-state index in [1.165, 1.54) is 6.26 Å². The Morgan fingerprint density at radius 2 is 2.16 bits per heavy atom. The highest BCUT2D eigenvalue weighted by atomic mass is 16.5. The third kappa shape index (κ3) is 2.96. The number of hydrogen-bond acceptors (Lipinski definition) is 3. The third-order valence-corrected chi connectivity index (χ3v) is 2.94. The van der Waals surface area contributed by atoms with Gasteiger partial charge in [-0.3, -0.25) is 4.79 Å². The van der Waals surface area contributed by atoms with Gasteiger partial charge >= 0.3 is 0 Å². The topological polar surface area (TPSA) is 51.5 Å². The maximum Gasteiger partial charge on any atom is 0.287 e. The molecular formula is C15H17NO3. The number of ether oxygens (including phenoxy) is 1. The molecule has 1 atom stereocenters. The van der Waals surface area contributed by atoms with Crippen molar-refractivity contribution < 1.29 is 13.9 Å². The number of rotatable bonds is 4. The van der Waals surface area contributed by atoms with Crippen LogP contribution in [0.3, 0.4) is 0 Å². The molecule has 0 aliphatic heterocycles. The highest BCUT2D eigenvalue weighted by Gasteiger charge is 2.16. The first-order valence-electron chi connectivity index (χ1n) is 6.10. The largest absolute Gasteiger partial charge is 0.496 e. The van der Waals surface area contributed by atoms with E-state index in [-0.39, 0.29) is 11.9 Å². The summed E-state index contributed by atoms with van der Waals surface area (Å²) in [6, 6.07) is 9.05. The summed E-state index contributed by atoms with van der Waals surface area (Å²) in [7, 11) is 1.62. The van der Waals surface area contributed by atoms with Gasteiger partial charge in [-0.05, 0) is 32.0 Å². The molecule has 4 nitrogen and oxygen atoms in total. The van der Waals surface area contributed by atoms with Gasteiger partial charge in [-0.2, -0.15) is 0 Å². The van der Waals surface area contributed by atoms with Crippen LogP contribution in [0.25, 0.3) is 0 Å². The molecule has 0 bridgehead atoms. The Morgan fingerprint density at radius 1 is 1.37 bits per heavy atom. The molecule has 4 heteroatoms. The highest BCUT2D eigenvalue weighted by Crippen LogP contribution is 2.26. The van der Waals surface area contributed by atoms with E-state index < -0.39 is 0 Å². The maximum absolute atomic E-state index is 11.9. The summed E-state index contributed by atoms with van der Waals surface area (Å²) >= 11 is 0. The van der Waals surface area contributed by atoms with E-state index >= 15 is 0 Å². The average Bonchev–Trinajstić information content (AvgIpc) is 2.92. The molecule has 0 spiro atoms. The average molecular weight is 259 g/mol. The molecule has 0 saturated heterocycles. The summed E-state index contributed by atoms with van der Waals surface area (Å²) in [5, 5.41) is 2.89. The molecule has 19 heavy (non-hydrogen) atoms. The normalized spacial score (nSPS) is 11.9. The standard InChI is InChI=1S/C15H17NO3/c1-10-6-7-13(18-3)12(9-10)11(2)16-15(17)14-5-4-8-19-14/h4-9,11H,1-3H3,(H,16,17)/t11-/m1/s1. The molecular weight excluding hydrogens is 242 g/mol. The van der Waals surface area contributed by atoms with Crippen LogP contribution in [0.4, 0.5) is 0 Å². The molecule has 1 N–H and O–H groups in total. The molecule has 1 aromatic heterocycles. The van der Waals surface area contributed by atoms with Crippen molar-refractivity contribution >= 4 is 5.91 Å². The van der Waals surface area contributed by atoms with Gasteiger partial charge < -0.3 is 14.5 Å². The molecule has 1 amide bonds. The van der Waals surface area contributed by atoms with E-state index in [4.69, 9.17) is 9.15 Å². The predicted molar refractivity (Wildman–Crippen MR) is 72.3 cm³/mol. The fourth-order valence-corrected chi connectivity index (χ4v) is 1.95. The minimum Gasteiger partial charge on any atom is -0.496 e. The lowest BCUT2D eigenvalue weighted by molar-refractivity contribution is 0.0911. The molecule has 0 saturated carbocycles. The van der Waals surface area contributed by atoms with Crippen molar-refractivity contribution in [2.75, 3.05) is 7.11 Å². The molecule has 0 aliphatic carbocycles. The van der Waals surface area contributed by atoms with Gasteiger partial charge in [0, 0.05) is 5.56 Å². The van der Waals surface area contributed by atoms with Crippen LogP contribution in [0.1, 0.15) is 34.6 Å². The fourth-order valence-electron chi connectivity index (χ4n) is 1.95. The number of carbonyl (C=O) groups is 1. The van der Waals surface area contributed by atoms with E-state index in [1.54, 1.807) is 19.2 Å². The van der Waals surface area contributed by atoms with Crippen LogP contribution < -0.4 is 10.1 Å². The Labute approximate surface area is 112 Å². The molecule has 0 unspecified atom stereocenters. The molecule has 1 heterocycles. The van der Waals surface area contributed by atoms with Crippen molar-refractivity contribution in [3.05, 3.63) is 53.5 Å². The van der Waals surface area contributed by atoms with E-state index in [2.05, 4.69) is 5.32 Å². The van der Waals surface area contributed by atoms with Crippen LogP contribution in [0.15, 0.2) is 41.0 Å². The van der Waals surface area contributed by atoms with E-state index in [0.717, 1.165) is 16.9 Å². The van der Waals surface area contributed by atoms with Gasteiger partial charge in [0.15, 0.2) is 5.76 Å². The van der Waals surface area contributed by atoms with Crippen LogP contribution in [-0.2, 0) is 0 Å². The number of nitrogens with one attached hydrogen (secondary N) is 1. The van der Waals surface area contributed by atoms with Gasteiger partial charge in [0.1, 0.15) is 5.75 Å². The lowest BCUT2D eigenvalue weighted by Gasteiger charge is -2.17. The number of hydrogen-bond donors (Lipinski definition) is 1. The van der Waals surface area contributed by atoms with Crippen LogP contribution in [0.5, 0.6) is 5.75 Å². The smallest absolute Gasteiger partial charge is 0.287 e. The summed E-state index contributed by atoms with van der Waals surface area (Å²) in [4.78, 5) is 11.9. The summed E-state index contributed by atoms with van der Waals surface area (Å²) in [5.74, 6) is 0.831. The Balaban J connectivity index is 2.18. The van der Waals surface area contributed by atoms with Gasteiger partial charge in [0.2, 0.25) is 0 Å². The number of benzene rings is 1. The molecule has 0 fully saturated rings. The van der Waals surface area contributed by atoms with Crippen molar-refractivity contribution in [3.8, 4) is 5.75 Å². The molecule has 2 rings (SSSR count). The predicted octanol–water partition coefficient (Wildman–Crippen LogP) is 3.09. The second kappa shape index (κ2) is 5.61. The second-order valence-corrected chi connectivity index (χ2v) is 4.42. The number of furan rings is 1. The first-order valence-corrected chi connectivity index (χ1v) is 6.10.